The van der Waals surface area contributed by atoms with Crippen molar-refractivity contribution in [2.45, 2.75) is 30.7 Å². The Hall–Kier alpha value is -0.0400. The SMILES string of the molecule is CCCSC(CN)C(F)(F)C(F)(F)F. The van der Waals surface area contributed by atoms with Gasteiger partial charge in [-0.1, -0.05) is 6.92 Å². The zero-order chi connectivity index (χ0) is 11.4. The van der Waals surface area contributed by atoms with E-state index in [1.807, 2.05) is 0 Å². The van der Waals surface area contributed by atoms with E-state index in [2.05, 4.69) is 0 Å². The van der Waals surface area contributed by atoms with Gasteiger partial charge in [-0.3, -0.25) is 0 Å². The van der Waals surface area contributed by atoms with Crippen molar-refractivity contribution in [2.24, 2.45) is 5.73 Å². The molecule has 14 heavy (non-hydrogen) atoms. The summed E-state index contributed by atoms with van der Waals surface area (Å²) in [6.07, 6.45) is -4.98. The average molecular weight is 237 g/mol. The Morgan fingerprint density at radius 1 is 1.21 bits per heavy atom. The molecular weight excluding hydrogens is 225 g/mol. The van der Waals surface area contributed by atoms with E-state index in [4.69, 9.17) is 5.73 Å². The van der Waals surface area contributed by atoms with Gasteiger partial charge in [0.1, 0.15) is 0 Å². The fourth-order valence-electron chi connectivity index (χ4n) is 0.763. The first kappa shape index (κ1) is 14.0. The summed E-state index contributed by atoms with van der Waals surface area (Å²) < 4.78 is 61.0. The predicted molar refractivity (Wildman–Crippen MR) is 46.6 cm³/mol. The number of hydrogen-bond acceptors (Lipinski definition) is 2. The third kappa shape index (κ3) is 3.27. The minimum absolute atomic E-state index is 0.244. The smallest absolute Gasteiger partial charge is 0.329 e. The molecule has 2 N–H and O–H groups in total. The van der Waals surface area contributed by atoms with Crippen LogP contribution in [0.4, 0.5) is 22.0 Å². The Kier molecular flexibility index (Phi) is 5.14. The van der Waals surface area contributed by atoms with Crippen molar-refractivity contribution in [3.63, 3.8) is 0 Å². The zero-order valence-electron chi connectivity index (χ0n) is 7.57. The summed E-state index contributed by atoms with van der Waals surface area (Å²) in [5.41, 5.74) is 4.90. The third-order valence-corrected chi connectivity index (χ3v) is 3.05. The van der Waals surface area contributed by atoms with Crippen molar-refractivity contribution in [3.8, 4) is 0 Å². The summed E-state index contributed by atoms with van der Waals surface area (Å²) in [5, 5.41) is -1.89. The molecule has 7 heteroatoms. The lowest BCUT2D eigenvalue weighted by molar-refractivity contribution is -0.280. The second-order valence-electron chi connectivity index (χ2n) is 2.72. The third-order valence-electron chi connectivity index (χ3n) is 1.52. The van der Waals surface area contributed by atoms with E-state index in [-0.39, 0.29) is 5.75 Å². The first-order valence-electron chi connectivity index (χ1n) is 4.03. The van der Waals surface area contributed by atoms with Crippen LogP contribution in [0.15, 0.2) is 0 Å². The van der Waals surface area contributed by atoms with Crippen LogP contribution >= 0.6 is 11.8 Å². The predicted octanol–water partition coefficient (Wildman–Crippen LogP) is 2.65. The molecular formula is C7H12F5NS. The first-order chi connectivity index (χ1) is 6.27. The molecule has 0 rings (SSSR count). The highest BCUT2D eigenvalue weighted by Crippen LogP contribution is 2.42. The maximum absolute atomic E-state index is 12.7. The fraction of sp³-hybridized carbons (Fsp3) is 1.00. The van der Waals surface area contributed by atoms with Crippen LogP contribution in [0, 0.1) is 0 Å². The fourth-order valence-corrected chi connectivity index (χ4v) is 1.76. The molecule has 86 valence electrons. The monoisotopic (exact) mass is 237 g/mol. The minimum Gasteiger partial charge on any atom is -0.329 e. The van der Waals surface area contributed by atoms with Crippen LogP contribution in [-0.4, -0.2) is 29.6 Å². The molecule has 1 unspecified atom stereocenters. The van der Waals surface area contributed by atoms with E-state index in [1.165, 1.54) is 0 Å². The molecule has 0 aromatic rings. The summed E-state index contributed by atoms with van der Waals surface area (Å²) >= 11 is 0.560. The van der Waals surface area contributed by atoms with Crippen molar-refractivity contribution in [2.75, 3.05) is 12.3 Å². The Morgan fingerprint density at radius 3 is 2.00 bits per heavy atom. The van der Waals surface area contributed by atoms with Crippen molar-refractivity contribution in [1.82, 2.24) is 0 Å². The van der Waals surface area contributed by atoms with E-state index in [0.717, 1.165) is 0 Å². The standard InChI is InChI=1S/C7H12F5NS/c1-2-3-14-5(4-13)6(8,9)7(10,11)12/h5H,2-4,13H2,1H3. The second-order valence-corrected chi connectivity index (χ2v) is 4.03. The van der Waals surface area contributed by atoms with Crippen molar-refractivity contribution < 1.29 is 22.0 Å². The van der Waals surface area contributed by atoms with Crippen molar-refractivity contribution in [3.05, 3.63) is 0 Å². The number of thioether (sulfide) groups is 1. The summed E-state index contributed by atoms with van der Waals surface area (Å²) in [6.45, 7) is 1.02. The van der Waals surface area contributed by atoms with E-state index in [9.17, 15) is 22.0 Å². The first-order valence-corrected chi connectivity index (χ1v) is 5.08. The van der Waals surface area contributed by atoms with Gasteiger partial charge in [0.05, 0.1) is 5.25 Å². The highest BCUT2D eigenvalue weighted by molar-refractivity contribution is 8.00. The van der Waals surface area contributed by atoms with Gasteiger partial charge in [-0.05, 0) is 12.2 Å². The van der Waals surface area contributed by atoms with Gasteiger partial charge in [-0.2, -0.15) is 33.7 Å². The molecule has 0 aliphatic carbocycles. The molecule has 0 spiro atoms. The molecule has 0 aromatic carbocycles. The van der Waals surface area contributed by atoms with Crippen LogP contribution in [0.1, 0.15) is 13.3 Å². The molecule has 0 aliphatic rings. The lowest BCUT2D eigenvalue weighted by Gasteiger charge is -2.27. The summed E-state index contributed by atoms with van der Waals surface area (Å²) in [5.74, 6) is -4.46. The van der Waals surface area contributed by atoms with E-state index in [1.54, 1.807) is 6.92 Å². The van der Waals surface area contributed by atoms with Gasteiger partial charge in [0, 0.05) is 6.54 Å². The molecule has 0 aromatic heterocycles. The van der Waals surface area contributed by atoms with Crippen LogP contribution < -0.4 is 5.73 Å². The lowest BCUT2D eigenvalue weighted by atomic mass is 10.2. The topological polar surface area (TPSA) is 26.0 Å². The van der Waals surface area contributed by atoms with Crippen LogP contribution in [0.2, 0.25) is 0 Å². The van der Waals surface area contributed by atoms with Gasteiger partial charge < -0.3 is 5.73 Å². The van der Waals surface area contributed by atoms with E-state index in [0.29, 0.717) is 18.2 Å². The summed E-state index contributed by atoms with van der Waals surface area (Å²) in [4.78, 5) is 0. The number of rotatable bonds is 5. The number of hydrogen-bond donors (Lipinski definition) is 1. The Labute approximate surface area is 83.2 Å². The molecule has 0 aliphatic heterocycles. The normalized spacial score (nSPS) is 15.6. The van der Waals surface area contributed by atoms with Crippen LogP contribution in [0.25, 0.3) is 0 Å². The van der Waals surface area contributed by atoms with E-state index < -0.39 is 23.9 Å². The largest absolute Gasteiger partial charge is 0.454 e. The summed E-state index contributed by atoms with van der Waals surface area (Å²) in [7, 11) is 0. The van der Waals surface area contributed by atoms with Gasteiger partial charge in [-0.15, -0.1) is 0 Å². The molecule has 1 atom stereocenters. The molecule has 0 saturated carbocycles. The molecule has 0 amide bonds. The number of nitrogens with two attached hydrogens (primary N) is 1. The average Bonchev–Trinajstić information content (AvgIpc) is 2.03. The highest BCUT2D eigenvalue weighted by Gasteiger charge is 2.61. The molecule has 1 nitrogen and oxygen atoms in total. The van der Waals surface area contributed by atoms with Crippen molar-refractivity contribution in [1.29, 1.82) is 0 Å². The second kappa shape index (κ2) is 5.16. The molecule has 0 bridgehead atoms. The maximum atomic E-state index is 12.7. The zero-order valence-corrected chi connectivity index (χ0v) is 8.39. The lowest BCUT2D eigenvalue weighted by Crippen LogP contribution is -2.48. The summed E-state index contributed by atoms with van der Waals surface area (Å²) in [6, 6.07) is 0. The Balaban J connectivity index is 4.49. The van der Waals surface area contributed by atoms with Gasteiger partial charge in [0.2, 0.25) is 0 Å². The molecule has 0 fully saturated rings. The Bertz CT molecular complexity index is 170. The van der Waals surface area contributed by atoms with Gasteiger partial charge in [-0.25, -0.2) is 0 Å². The highest BCUT2D eigenvalue weighted by atomic mass is 32.2. The molecule has 0 radical (unpaired) electrons. The number of halogens is 5. The Morgan fingerprint density at radius 2 is 1.71 bits per heavy atom. The quantitative estimate of drug-likeness (QED) is 0.744. The van der Waals surface area contributed by atoms with Crippen LogP contribution in [0.5, 0.6) is 0 Å². The van der Waals surface area contributed by atoms with Crippen LogP contribution in [0.3, 0.4) is 0 Å². The molecule has 0 heterocycles. The van der Waals surface area contributed by atoms with Crippen LogP contribution in [-0.2, 0) is 0 Å². The minimum atomic E-state index is -5.52. The van der Waals surface area contributed by atoms with Crippen molar-refractivity contribution >= 4 is 11.8 Å². The number of alkyl halides is 5. The maximum Gasteiger partial charge on any atom is 0.454 e. The molecule has 0 saturated heterocycles. The van der Waals surface area contributed by atoms with Gasteiger partial charge in [0.15, 0.2) is 0 Å². The van der Waals surface area contributed by atoms with Gasteiger partial charge in [0.25, 0.3) is 0 Å². The van der Waals surface area contributed by atoms with Gasteiger partial charge >= 0.3 is 12.1 Å². The van der Waals surface area contributed by atoms with E-state index >= 15 is 0 Å².